The predicted octanol–water partition coefficient (Wildman–Crippen LogP) is 5.56. The van der Waals surface area contributed by atoms with Crippen LogP contribution in [-0.4, -0.2) is 34.0 Å². The van der Waals surface area contributed by atoms with E-state index in [1.165, 1.54) is 24.3 Å². The number of amides is 2. The van der Waals surface area contributed by atoms with Gasteiger partial charge in [0, 0.05) is 11.6 Å². The fourth-order valence-corrected chi connectivity index (χ4v) is 5.04. The van der Waals surface area contributed by atoms with Crippen LogP contribution in [0.3, 0.4) is 0 Å². The van der Waals surface area contributed by atoms with Crippen molar-refractivity contribution >= 4 is 40.2 Å². The lowest BCUT2D eigenvalue weighted by molar-refractivity contribution is -0.274. The number of carbonyl (C=O) groups excluding carboxylic acids is 2. The summed E-state index contributed by atoms with van der Waals surface area (Å²) in [5.74, 6) is -1.38. The molecule has 0 fully saturated rings. The Balaban J connectivity index is 1.38. The van der Waals surface area contributed by atoms with Gasteiger partial charge in [0.05, 0.1) is 38.1 Å². The van der Waals surface area contributed by atoms with Crippen LogP contribution in [-0.2, 0) is 6.54 Å². The maximum atomic E-state index is 12.5. The van der Waals surface area contributed by atoms with E-state index in [2.05, 4.69) is 25.6 Å². The second-order valence-electron chi connectivity index (χ2n) is 7.71. The highest BCUT2D eigenvalue weighted by molar-refractivity contribution is 7.16. The van der Waals surface area contributed by atoms with Gasteiger partial charge in [0.1, 0.15) is 11.5 Å². The Morgan fingerprint density at radius 1 is 1.05 bits per heavy atom. The highest BCUT2D eigenvalue weighted by Crippen LogP contribution is 2.39. The molecule has 3 heterocycles. The molecule has 0 spiro atoms. The molecular formula is C25H19F3N4O4S2. The minimum absolute atomic E-state index is 0.127. The number of hydrazone groups is 1. The SMILES string of the molecule is CC(=NNC(=O)c1ccc(C(=O)NCc2ccccn2)s1)c1csc(-c2ccc(OC(F)(F)F)cc2)c1O. The second-order valence-corrected chi connectivity index (χ2v) is 9.67. The van der Waals surface area contributed by atoms with Gasteiger partial charge in [-0.05, 0) is 61.0 Å². The monoisotopic (exact) mass is 560 g/mol. The van der Waals surface area contributed by atoms with Crippen LogP contribution in [0.2, 0.25) is 0 Å². The van der Waals surface area contributed by atoms with Crippen LogP contribution in [0, 0.1) is 0 Å². The number of carbonyl (C=O) groups is 2. The van der Waals surface area contributed by atoms with E-state index in [1.807, 2.05) is 6.07 Å². The molecular weight excluding hydrogens is 541 g/mol. The molecule has 3 aromatic heterocycles. The van der Waals surface area contributed by atoms with Crippen molar-refractivity contribution in [1.82, 2.24) is 15.7 Å². The average molecular weight is 561 g/mol. The summed E-state index contributed by atoms with van der Waals surface area (Å²) in [6.45, 7) is 1.83. The molecule has 38 heavy (non-hydrogen) atoms. The minimum Gasteiger partial charge on any atom is -0.506 e. The van der Waals surface area contributed by atoms with Crippen LogP contribution >= 0.6 is 22.7 Å². The Morgan fingerprint density at radius 3 is 2.42 bits per heavy atom. The molecule has 0 saturated heterocycles. The summed E-state index contributed by atoms with van der Waals surface area (Å²) in [4.78, 5) is 30.1. The van der Waals surface area contributed by atoms with Gasteiger partial charge < -0.3 is 15.2 Å². The molecule has 4 aromatic rings. The fourth-order valence-electron chi connectivity index (χ4n) is 3.21. The number of hydrogen-bond donors (Lipinski definition) is 3. The maximum absolute atomic E-state index is 12.5. The van der Waals surface area contributed by atoms with E-state index in [0.717, 1.165) is 34.8 Å². The molecule has 8 nitrogen and oxygen atoms in total. The summed E-state index contributed by atoms with van der Waals surface area (Å²) in [6.07, 6.45) is -3.17. The molecule has 0 atom stereocenters. The van der Waals surface area contributed by atoms with Gasteiger partial charge in [-0.15, -0.1) is 35.8 Å². The van der Waals surface area contributed by atoms with E-state index in [0.29, 0.717) is 32.3 Å². The zero-order chi connectivity index (χ0) is 27.3. The molecule has 1 aromatic carbocycles. The van der Waals surface area contributed by atoms with Gasteiger partial charge in [-0.2, -0.15) is 5.10 Å². The van der Waals surface area contributed by atoms with Gasteiger partial charge in [-0.25, -0.2) is 5.43 Å². The number of pyridine rings is 1. The predicted molar refractivity (Wildman–Crippen MR) is 138 cm³/mol. The van der Waals surface area contributed by atoms with Crippen molar-refractivity contribution < 1.29 is 32.6 Å². The van der Waals surface area contributed by atoms with Crippen LogP contribution in [0.1, 0.15) is 37.5 Å². The number of alkyl halides is 3. The molecule has 0 saturated carbocycles. The number of rotatable bonds is 8. The molecule has 4 rings (SSSR count). The van der Waals surface area contributed by atoms with Crippen molar-refractivity contribution in [3.63, 3.8) is 0 Å². The lowest BCUT2D eigenvalue weighted by Gasteiger charge is -2.09. The summed E-state index contributed by atoms with van der Waals surface area (Å²) >= 11 is 2.16. The van der Waals surface area contributed by atoms with E-state index in [-0.39, 0.29) is 28.8 Å². The van der Waals surface area contributed by atoms with E-state index in [4.69, 9.17) is 0 Å². The Hall–Kier alpha value is -4.23. The molecule has 3 N–H and O–H groups in total. The van der Waals surface area contributed by atoms with Crippen molar-refractivity contribution in [2.24, 2.45) is 5.10 Å². The van der Waals surface area contributed by atoms with Crippen molar-refractivity contribution in [3.05, 3.63) is 87.2 Å². The van der Waals surface area contributed by atoms with Crippen LogP contribution < -0.4 is 15.5 Å². The smallest absolute Gasteiger partial charge is 0.506 e. The number of ether oxygens (including phenoxy) is 1. The van der Waals surface area contributed by atoms with E-state index in [9.17, 15) is 27.9 Å². The number of aromatic nitrogens is 1. The van der Waals surface area contributed by atoms with Gasteiger partial charge in [0.15, 0.2) is 0 Å². The molecule has 2 amide bonds. The Kier molecular flexibility index (Phi) is 8.08. The summed E-state index contributed by atoms with van der Waals surface area (Å²) in [5.41, 5.74) is 4.24. The molecule has 0 radical (unpaired) electrons. The largest absolute Gasteiger partial charge is 0.573 e. The van der Waals surface area contributed by atoms with Crippen LogP contribution in [0.4, 0.5) is 13.2 Å². The van der Waals surface area contributed by atoms with Gasteiger partial charge in [-0.1, -0.05) is 6.07 Å². The first-order chi connectivity index (χ1) is 18.1. The van der Waals surface area contributed by atoms with E-state index < -0.39 is 12.3 Å². The lowest BCUT2D eigenvalue weighted by atomic mass is 10.1. The molecule has 13 heteroatoms. The Morgan fingerprint density at radius 2 is 1.76 bits per heavy atom. The van der Waals surface area contributed by atoms with Gasteiger partial charge in [0.2, 0.25) is 0 Å². The number of thiophene rings is 2. The maximum Gasteiger partial charge on any atom is 0.573 e. The van der Waals surface area contributed by atoms with Crippen LogP contribution in [0.15, 0.2) is 71.3 Å². The van der Waals surface area contributed by atoms with Gasteiger partial charge in [-0.3, -0.25) is 14.6 Å². The topological polar surface area (TPSA) is 113 Å². The zero-order valence-corrected chi connectivity index (χ0v) is 21.2. The Labute approximate surface area is 222 Å². The second kappa shape index (κ2) is 11.4. The number of halogens is 3. The van der Waals surface area contributed by atoms with Crippen LogP contribution in [0.5, 0.6) is 11.5 Å². The summed E-state index contributed by atoms with van der Waals surface area (Å²) < 4.78 is 40.9. The summed E-state index contributed by atoms with van der Waals surface area (Å²) in [5, 5.41) is 19.0. The quantitative estimate of drug-likeness (QED) is 0.193. The van der Waals surface area contributed by atoms with E-state index >= 15 is 0 Å². The molecule has 0 bridgehead atoms. The highest BCUT2D eigenvalue weighted by Gasteiger charge is 2.31. The number of hydrogen-bond acceptors (Lipinski definition) is 8. The average Bonchev–Trinajstić information content (AvgIpc) is 3.53. The number of aromatic hydroxyl groups is 1. The summed E-state index contributed by atoms with van der Waals surface area (Å²) in [6, 6.07) is 13.5. The fraction of sp³-hybridized carbons (Fsp3) is 0.120. The van der Waals surface area contributed by atoms with Crippen molar-refractivity contribution in [2.75, 3.05) is 0 Å². The number of benzene rings is 1. The standard InChI is InChI=1S/C25H19F3N4O4S2/c1-14(18-13-37-22(21(18)33)15-5-7-17(8-6-15)36-25(26,27)28)31-32-24(35)20-10-9-19(38-20)23(34)30-12-16-4-2-3-11-29-16/h2-11,13,33H,12H2,1H3,(H,30,34)(H,32,35). The first-order valence-electron chi connectivity index (χ1n) is 10.9. The third-order valence-electron chi connectivity index (χ3n) is 5.04. The zero-order valence-electron chi connectivity index (χ0n) is 19.6. The molecule has 0 aliphatic carbocycles. The van der Waals surface area contributed by atoms with E-state index in [1.54, 1.807) is 30.6 Å². The minimum atomic E-state index is -4.80. The Bertz CT molecular complexity index is 1470. The molecule has 0 aliphatic rings. The summed E-state index contributed by atoms with van der Waals surface area (Å²) in [7, 11) is 0. The number of nitrogens with one attached hydrogen (secondary N) is 2. The first kappa shape index (κ1) is 26.8. The lowest BCUT2D eigenvalue weighted by Crippen LogP contribution is -2.22. The van der Waals surface area contributed by atoms with Gasteiger partial charge in [0.25, 0.3) is 11.8 Å². The molecule has 196 valence electrons. The highest BCUT2D eigenvalue weighted by atomic mass is 32.1. The molecule has 0 aliphatic heterocycles. The van der Waals surface area contributed by atoms with Crippen molar-refractivity contribution in [1.29, 1.82) is 0 Å². The van der Waals surface area contributed by atoms with Crippen molar-refractivity contribution in [3.8, 4) is 21.9 Å². The van der Waals surface area contributed by atoms with Gasteiger partial charge >= 0.3 is 6.36 Å². The van der Waals surface area contributed by atoms with Crippen molar-refractivity contribution in [2.45, 2.75) is 19.8 Å². The molecule has 0 unspecified atom stereocenters. The first-order valence-corrected chi connectivity index (χ1v) is 12.6. The van der Waals surface area contributed by atoms with Crippen LogP contribution in [0.25, 0.3) is 10.4 Å². The third-order valence-corrected chi connectivity index (χ3v) is 7.14. The normalized spacial score (nSPS) is 11.7. The third kappa shape index (κ3) is 6.75. The number of nitrogens with zero attached hydrogens (tertiary/aromatic N) is 2.